The number of rotatable bonds is 4. The summed E-state index contributed by atoms with van der Waals surface area (Å²) in [4.78, 5) is 5.51. The highest BCUT2D eigenvalue weighted by molar-refractivity contribution is 7.80. The van der Waals surface area contributed by atoms with Crippen molar-refractivity contribution in [1.29, 1.82) is 0 Å². The molecule has 21 heavy (non-hydrogen) atoms. The van der Waals surface area contributed by atoms with Gasteiger partial charge in [0, 0.05) is 32.7 Å². The van der Waals surface area contributed by atoms with E-state index in [-0.39, 0.29) is 5.54 Å². The molecule has 1 fully saturated rings. The van der Waals surface area contributed by atoms with Gasteiger partial charge in [-0.1, -0.05) is 36.0 Å². The zero-order valence-electron chi connectivity index (χ0n) is 13.6. The summed E-state index contributed by atoms with van der Waals surface area (Å²) in [5, 5.41) is 0. The Balaban J connectivity index is 1.96. The molecule has 2 rings (SSSR count). The van der Waals surface area contributed by atoms with E-state index in [4.69, 9.17) is 18.0 Å². The van der Waals surface area contributed by atoms with E-state index in [0.29, 0.717) is 4.99 Å². The van der Waals surface area contributed by atoms with E-state index in [9.17, 15) is 0 Å². The standard InChI is InChI=1S/C17H27N3S/c1-13-5-6-14(2)15(11-13)12-19-7-9-20(10-8-19)17(3,4)16(18)21/h5-6,11H,7-10,12H2,1-4H3,(H2,18,21). The summed E-state index contributed by atoms with van der Waals surface area (Å²) in [5.74, 6) is 0. The van der Waals surface area contributed by atoms with Crippen molar-refractivity contribution in [3.63, 3.8) is 0 Å². The molecule has 0 radical (unpaired) electrons. The molecule has 116 valence electrons. The average molecular weight is 305 g/mol. The predicted octanol–water partition coefficient (Wildman–Crippen LogP) is 2.49. The molecule has 1 aromatic rings. The normalized spacial score (nSPS) is 17.9. The van der Waals surface area contributed by atoms with E-state index in [0.717, 1.165) is 32.7 Å². The quantitative estimate of drug-likeness (QED) is 0.866. The molecule has 1 aliphatic heterocycles. The predicted molar refractivity (Wildman–Crippen MR) is 93.6 cm³/mol. The topological polar surface area (TPSA) is 32.5 Å². The summed E-state index contributed by atoms with van der Waals surface area (Å²) in [5.41, 5.74) is 9.85. The fourth-order valence-corrected chi connectivity index (χ4v) is 2.96. The number of aryl methyl sites for hydroxylation is 2. The number of hydrogen-bond acceptors (Lipinski definition) is 3. The minimum absolute atomic E-state index is 0.180. The summed E-state index contributed by atoms with van der Waals surface area (Å²) in [7, 11) is 0. The molecule has 0 bridgehead atoms. The molecule has 4 heteroatoms. The fraction of sp³-hybridized carbons (Fsp3) is 0.588. The van der Waals surface area contributed by atoms with Gasteiger partial charge in [0.25, 0.3) is 0 Å². The molecule has 2 N–H and O–H groups in total. The second kappa shape index (κ2) is 6.42. The summed E-state index contributed by atoms with van der Waals surface area (Å²) >= 11 is 5.20. The van der Waals surface area contributed by atoms with Crippen LogP contribution in [-0.4, -0.2) is 46.5 Å². The smallest absolute Gasteiger partial charge is 0.0928 e. The zero-order chi connectivity index (χ0) is 15.6. The third kappa shape index (κ3) is 3.82. The van der Waals surface area contributed by atoms with Crippen molar-refractivity contribution >= 4 is 17.2 Å². The Morgan fingerprint density at radius 1 is 1.19 bits per heavy atom. The number of hydrogen-bond donors (Lipinski definition) is 1. The van der Waals surface area contributed by atoms with Crippen LogP contribution in [0.15, 0.2) is 18.2 Å². The summed E-state index contributed by atoms with van der Waals surface area (Å²) in [6.45, 7) is 13.8. The van der Waals surface area contributed by atoms with Gasteiger partial charge in [-0.25, -0.2) is 0 Å². The fourth-order valence-electron chi connectivity index (χ4n) is 2.83. The van der Waals surface area contributed by atoms with Crippen LogP contribution >= 0.6 is 12.2 Å². The van der Waals surface area contributed by atoms with Gasteiger partial charge < -0.3 is 5.73 Å². The van der Waals surface area contributed by atoms with Crippen molar-refractivity contribution in [1.82, 2.24) is 9.80 Å². The van der Waals surface area contributed by atoms with Crippen molar-refractivity contribution in [2.45, 2.75) is 39.8 Å². The molecule has 0 spiro atoms. The Hall–Kier alpha value is -0.970. The Bertz CT molecular complexity index is 517. The lowest BCUT2D eigenvalue weighted by molar-refractivity contribution is 0.0820. The second-order valence-corrected chi connectivity index (χ2v) is 7.06. The van der Waals surface area contributed by atoms with Gasteiger partial charge in [0.05, 0.1) is 10.5 Å². The third-order valence-corrected chi connectivity index (χ3v) is 5.16. The van der Waals surface area contributed by atoms with Gasteiger partial charge in [-0.2, -0.15) is 0 Å². The first-order valence-corrected chi connectivity index (χ1v) is 8.05. The van der Waals surface area contributed by atoms with Gasteiger partial charge in [-0.05, 0) is 38.8 Å². The molecule has 0 atom stereocenters. The first kappa shape index (κ1) is 16.4. The molecule has 1 aromatic carbocycles. The van der Waals surface area contributed by atoms with Crippen LogP contribution in [0.1, 0.15) is 30.5 Å². The molecule has 0 amide bonds. The molecule has 0 aliphatic carbocycles. The number of nitrogens with zero attached hydrogens (tertiary/aromatic N) is 2. The van der Waals surface area contributed by atoms with Gasteiger partial charge in [0.15, 0.2) is 0 Å². The lowest BCUT2D eigenvalue weighted by Crippen LogP contribution is -2.59. The van der Waals surface area contributed by atoms with Crippen LogP contribution in [0.2, 0.25) is 0 Å². The highest BCUT2D eigenvalue weighted by Crippen LogP contribution is 2.19. The number of piperazine rings is 1. The van der Waals surface area contributed by atoms with E-state index >= 15 is 0 Å². The van der Waals surface area contributed by atoms with E-state index in [1.807, 2.05) is 0 Å². The first-order chi connectivity index (χ1) is 9.80. The summed E-state index contributed by atoms with van der Waals surface area (Å²) in [6.07, 6.45) is 0. The van der Waals surface area contributed by atoms with Crippen LogP contribution in [0.4, 0.5) is 0 Å². The Morgan fingerprint density at radius 2 is 1.81 bits per heavy atom. The van der Waals surface area contributed by atoms with Crippen molar-refractivity contribution in [2.24, 2.45) is 5.73 Å². The van der Waals surface area contributed by atoms with Crippen molar-refractivity contribution < 1.29 is 0 Å². The van der Waals surface area contributed by atoms with Crippen LogP contribution in [0.3, 0.4) is 0 Å². The van der Waals surface area contributed by atoms with Gasteiger partial charge in [-0.15, -0.1) is 0 Å². The molecule has 1 heterocycles. The maximum atomic E-state index is 5.87. The zero-order valence-corrected chi connectivity index (χ0v) is 14.5. The van der Waals surface area contributed by atoms with E-state index in [2.05, 4.69) is 55.7 Å². The second-order valence-electron chi connectivity index (χ2n) is 6.62. The SMILES string of the molecule is Cc1ccc(C)c(CN2CCN(C(C)(C)C(N)=S)CC2)c1. The highest BCUT2D eigenvalue weighted by Gasteiger charge is 2.32. The minimum atomic E-state index is -0.180. The molecule has 0 unspecified atom stereocenters. The maximum absolute atomic E-state index is 5.87. The largest absolute Gasteiger partial charge is 0.392 e. The molecule has 1 aliphatic rings. The van der Waals surface area contributed by atoms with Crippen molar-refractivity contribution in [3.05, 3.63) is 34.9 Å². The first-order valence-electron chi connectivity index (χ1n) is 7.64. The van der Waals surface area contributed by atoms with Crippen LogP contribution in [0.25, 0.3) is 0 Å². The summed E-state index contributed by atoms with van der Waals surface area (Å²) in [6, 6.07) is 6.71. The highest BCUT2D eigenvalue weighted by atomic mass is 32.1. The molecule has 3 nitrogen and oxygen atoms in total. The molecule has 0 saturated carbocycles. The van der Waals surface area contributed by atoms with Gasteiger partial charge in [-0.3, -0.25) is 9.80 Å². The Morgan fingerprint density at radius 3 is 2.38 bits per heavy atom. The van der Waals surface area contributed by atoms with Gasteiger partial charge in [0.2, 0.25) is 0 Å². The number of thiocarbonyl (C=S) groups is 1. The van der Waals surface area contributed by atoms with Gasteiger partial charge in [0.1, 0.15) is 0 Å². The third-order valence-electron chi connectivity index (χ3n) is 4.66. The maximum Gasteiger partial charge on any atom is 0.0928 e. The molecule has 0 aromatic heterocycles. The monoisotopic (exact) mass is 305 g/mol. The number of benzene rings is 1. The molecular formula is C17H27N3S. The summed E-state index contributed by atoms with van der Waals surface area (Å²) < 4.78 is 0. The van der Waals surface area contributed by atoms with Crippen LogP contribution < -0.4 is 5.73 Å². The van der Waals surface area contributed by atoms with Crippen molar-refractivity contribution in [3.8, 4) is 0 Å². The minimum Gasteiger partial charge on any atom is -0.392 e. The van der Waals surface area contributed by atoms with Crippen LogP contribution in [0, 0.1) is 13.8 Å². The van der Waals surface area contributed by atoms with E-state index < -0.39 is 0 Å². The van der Waals surface area contributed by atoms with Crippen LogP contribution in [-0.2, 0) is 6.54 Å². The van der Waals surface area contributed by atoms with E-state index in [1.165, 1.54) is 16.7 Å². The number of nitrogens with two attached hydrogens (primary N) is 1. The average Bonchev–Trinajstić information content (AvgIpc) is 2.43. The Labute approximate surface area is 134 Å². The molecule has 1 saturated heterocycles. The van der Waals surface area contributed by atoms with Crippen molar-refractivity contribution in [2.75, 3.05) is 26.2 Å². The van der Waals surface area contributed by atoms with Crippen LogP contribution in [0.5, 0.6) is 0 Å². The lowest BCUT2D eigenvalue weighted by atomic mass is 10.0. The lowest BCUT2D eigenvalue weighted by Gasteiger charge is -2.43. The van der Waals surface area contributed by atoms with Gasteiger partial charge >= 0.3 is 0 Å². The Kier molecular flexibility index (Phi) is 5.02. The molecular weight excluding hydrogens is 278 g/mol. The van der Waals surface area contributed by atoms with E-state index in [1.54, 1.807) is 0 Å².